The van der Waals surface area contributed by atoms with Gasteiger partial charge in [0.15, 0.2) is 0 Å². The van der Waals surface area contributed by atoms with Gasteiger partial charge in [-0.25, -0.2) is 4.79 Å². The van der Waals surface area contributed by atoms with Gasteiger partial charge in [-0.1, -0.05) is 24.0 Å². The molecule has 0 heterocycles. The Hall–Kier alpha value is -2.67. The first-order valence-electron chi connectivity index (χ1n) is 8.41. The van der Waals surface area contributed by atoms with E-state index in [1.165, 1.54) is 0 Å². The fourth-order valence-corrected chi connectivity index (χ4v) is 2.53. The number of benzene rings is 2. The Morgan fingerprint density at radius 3 is 2.44 bits per heavy atom. The van der Waals surface area contributed by atoms with Crippen molar-refractivity contribution in [1.29, 1.82) is 0 Å². The van der Waals surface area contributed by atoms with Crippen molar-refractivity contribution in [1.82, 2.24) is 5.32 Å². The van der Waals surface area contributed by atoms with Gasteiger partial charge in [-0.2, -0.15) is 0 Å². The maximum Gasteiger partial charge on any atom is 0.408 e. The van der Waals surface area contributed by atoms with Crippen molar-refractivity contribution in [3.63, 3.8) is 0 Å². The molecule has 1 amide bonds. The molecule has 3 rings (SSSR count). The molecule has 25 heavy (non-hydrogen) atoms. The summed E-state index contributed by atoms with van der Waals surface area (Å²) < 4.78 is 10.6. The average molecular weight is 337 g/mol. The van der Waals surface area contributed by atoms with E-state index in [4.69, 9.17) is 9.47 Å². The second kappa shape index (κ2) is 6.33. The summed E-state index contributed by atoms with van der Waals surface area (Å²) in [5, 5.41) is 5.11. The molecular formula is C21H23NO3. The molecule has 0 unspecified atom stereocenters. The highest BCUT2D eigenvalue weighted by Gasteiger charge is 2.43. The maximum absolute atomic E-state index is 11.9. The molecule has 1 fully saturated rings. The SMILES string of the molecule is COc1ccc2cc(C#CC3(NC(=O)OC(C)(C)C)CC3)ccc2c1. The van der Waals surface area contributed by atoms with E-state index in [9.17, 15) is 4.79 Å². The van der Waals surface area contributed by atoms with Gasteiger partial charge >= 0.3 is 6.09 Å². The van der Waals surface area contributed by atoms with Gasteiger partial charge in [0.25, 0.3) is 0 Å². The lowest BCUT2D eigenvalue weighted by Crippen LogP contribution is -2.39. The zero-order chi connectivity index (χ0) is 18.1. The number of hydrogen-bond donors (Lipinski definition) is 1. The Morgan fingerprint density at radius 2 is 1.80 bits per heavy atom. The first-order valence-corrected chi connectivity index (χ1v) is 8.41. The number of amides is 1. The molecule has 2 aromatic rings. The smallest absolute Gasteiger partial charge is 0.408 e. The van der Waals surface area contributed by atoms with Gasteiger partial charge in [-0.05, 0) is 68.7 Å². The number of carbonyl (C=O) groups excluding carboxylic acids is 1. The topological polar surface area (TPSA) is 47.6 Å². The van der Waals surface area contributed by atoms with Gasteiger partial charge in [0.05, 0.1) is 7.11 Å². The first-order chi connectivity index (χ1) is 11.8. The minimum atomic E-state index is -0.507. The number of ether oxygens (including phenoxy) is 2. The lowest BCUT2D eigenvalue weighted by Gasteiger charge is -2.21. The van der Waals surface area contributed by atoms with Gasteiger partial charge in [0.1, 0.15) is 16.9 Å². The van der Waals surface area contributed by atoms with Crippen LogP contribution in [-0.4, -0.2) is 24.3 Å². The second-order valence-electron chi connectivity index (χ2n) is 7.39. The molecule has 0 aliphatic heterocycles. The summed E-state index contributed by atoms with van der Waals surface area (Å²) >= 11 is 0. The van der Waals surface area contributed by atoms with E-state index in [0.717, 1.165) is 34.9 Å². The summed E-state index contributed by atoms with van der Waals surface area (Å²) in [6.07, 6.45) is 1.29. The number of carbonyl (C=O) groups is 1. The molecule has 0 saturated heterocycles. The van der Waals surface area contributed by atoms with Crippen LogP contribution < -0.4 is 10.1 Å². The number of nitrogens with one attached hydrogen (secondary N) is 1. The molecular weight excluding hydrogens is 314 g/mol. The quantitative estimate of drug-likeness (QED) is 0.833. The van der Waals surface area contributed by atoms with Crippen LogP contribution in [0.25, 0.3) is 10.8 Å². The van der Waals surface area contributed by atoms with Crippen molar-refractivity contribution in [3.8, 4) is 17.6 Å². The van der Waals surface area contributed by atoms with Crippen LogP contribution >= 0.6 is 0 Å². The molecule has 130 valence electrons. The van der Waals surface area contributed by atoms with Crippen LogP contribution in [0.1, 0.15) is 39.2 Å². The minimum Gasteiger partial charge on any atom is -0.497 e. The van der Waals surface area contributed by atoms with Crippen molar-refractivity contribution in [2.24, 2.45) is 0 Å². The van der Waals surface area contributed by atoms with Gasteiger partial charge < -0.3 is 14.8 Å². The number of hydrogen-bond acceptors (Lipinski definition) is 3. The molecule has 1 aliphatic carbocycles. The van der Waals surface area contributed by atoms with Gasteiger partial charge in [-0.15, -0.1) is 0 Å². The number of alkyl carbamates (subject to hydrolysis) is 1. The third-order valence-electron chi connectivity index (χ3n) is 3.98. The van der Waals surface area contributed by atoms with E-state index in [0.29, 0.717) is 0 Å². The summed E-state index contributed by atoms with van der Waals surface area (Å²) in [5.41, 5.74) is -0.0283. The highest BCUT2D eigenvalue weighted by molar-refractivity contribution is 5.85. The summed E-state index contributed by atoms with van der Waals surface area (Å²) in [4.78, 5) is 11.9. The molecule has 1 aliphatic rings. The molecule has 4 heteroatoms. The number of rotatable bonds is 2. The van der Waals surface area contributed by atoms with Crippen LogP contribution in [0.2, 0.25) is 0 Å². The van der Waals surface area contributed by atoms with E-state index in [-0.39, 0.29) is 0 Å². The van der Waals surface area contributed by atoms with Crippen molar-refractivity contribution < 1.29 is 14.3 Å². The summed E-state index contributed by atoms with van der Waals surface area (Å²) in [6.45, 7) is 5.55. The van der Waals surface area contributed by atoms with Crippen LogP contribution in [0.4, 0.5) is 4.79 Å². The zero-order valence-corrected chi connectivity index (χ0v) is 15.1. The molecule has 0 bridgehead atoms. The van der Waals surface area contributed by atoms with Crippen molar-refractivity contribution in [2.45, 2.75) is 44.8 Å². The Morgan fingerprint density at radius 1 is 1.12 bits per heavy atom. The third-order valence-corrected chi connectivity index (χ3v) is 3.98. The average Bonchev–Trinajstić information content (AvgIpc) is 3.30. The lowest BCUT2D eigenvalue weighted by atomic mass is 10.1. The summed E-state index contributed by atoms with van der Waals surface area (Å²) in [6, 6.07) is 12.0. The number of methoxy groups -OCH3 is 1. The fraction of sp³-hybridized carbons (Fsp3) is 0.381. The maximum atomic E-state index is 11.9. The predicted octanol–water partition coefficient (Wildman–Crippen LogP) is 4.26. The van der Waals surface area contributed by atoms with Gasteiger partial charge in [0.2, 0.25) is 0 Å². The van der Waals surface area contributed by atoms with E-state index in [1.807, 2.05) is 57.2 Å². The zero-order valence-electron chi connectivity index (χ0n) is 15.1. The van der Waals surface area contributed by atoms with Crippen LogP contribution in [0.5, 0.6) is 5.75 Å². The van der Waals surface area contributed by atoms with E-state index in [1.54, 1.807) is 7.11 Å². The normalized spacial score (nSPS) is 15.0. The largest absolute Gasteiger partial charge is 0.497 e. The Bertz CT molecular complexity index is 864. The first kappa shape index (κ1) is 17.2. The third kappa shape index (κ3) is 4.45. The molecule has 1 saturated carbocycles. The lowest BCUT2D eigenvalue weighted by molar-refractivity contribution is 0.0511. The molecule has 0 aromatic heterocycles. The van der Waals surface area contributed by atoms with Crippen LogP contribution in [0.3, 0.4) is 0 Å². The Kier molecular flexibility index (Phi) is 4.34. The van der Waals surface area contributed by atoms with Crippen LogP contribution in [0, 0.1) is 11.8 Å². The molecule has 2 aromatic carbocycles. The van der Waals surface area contributed by atoms with Crippen molar-refractivity contribution >= 4 is 16.9 Å². The Balaban J connectivity index is 1.74. The summed E-state index contributed by atoms with van der Waals surface area (Å²) in [5.74, 6) is 7.23. The molecule has 0 spiro atoms. The predicted molar refractivity (Wildman–Crippen MR) is 98.7 cm³/mol. The van der Waals surface area contributed by atoms with E-state index >= 15 is 0 Å². The van der Waals surface area contributed by atoms with Crippen LogP contribution in [-0.2, 0) is 4.74 Å². The van der Waals surface area contributed by atoms with E-state index < -0.39 is 17.2 Å². The Labute approximate surface area is 148 Å². The number of fused-ring (bicyclic) bond motifs is 1. The van der Waals surface area contributed by atoms with Gasteiger partial charge in [-0.3, -0.25) is 0 Å². The van der Waals surface area contributed by atoms with Crippen molar-refractivity contribution in [2.75, 3.05) is 7.11 Å². The minimum absolute atomic E-state index is 0.412. The molecule has 4 nitrogen and oxygen atoms in total. The molecule has 0 radical (unpaired) electrons. The highest BCUT2D eigenvalue weighted by atomic mass is 16.6. The van der Waals surface area contributed by atoms with Crippen LogP contribution in [0.15, 0.2) is 36.4 Å². The highest BCUT2D eigenvalue weighted by Crippen LogP contribution is 2.35. The fourth-order valence-electron chi connectivity index (χ4n) is 2.53. The molecule has 1 N–H and O–H groups in total. The standard InChI is InChI=1S/C21H23NO3/c1-20(2,3)25-19(23)22-21(11-12-21)10-9-15-5-6-17-14-18(24-4)8-7-16(17)13-15/h5-8,13-14H,11-12H2,1-4H3,(H,22,23). The van der Waals surface area contributed by atoms with E-state index in [2.05, 4.69) is 17.2 Å². The second-order valence-corrected chi connectivity index (χ2v) is 7.39. The summed E-state index contributed by atoms with van der Waals surface area (Å²) in [7, 11) is 1.66. The monoisotopic (exact) mass is 337 g/mol. The van der Waals surface area contributed by atoms with Crippen molar-refractivity contribution in [3.05, 3.63) is 42.0 Å². The van der Waals surface area contributed by atoms with Gasteiger partial charge in [0, 0.05) is 5.56 Å². The molecule has 0 atom stereocenters.